The Balaban J connectivity index is 2.02. The van der Waals surface area contributed by atoms with Crippen LogP contribution in [-0.2, 0) is 11.2 Å². The van der Waals surface area contributed by atoms with Crippen molar-refractivity contribution in [3.05, 3.63) is 64.9 Å². The van der Waals surface area contributed by atoms with Crippen molar-refractivity contribution in [2.24, 2.45) is 0 Å². The minimum Gasteiger partial charge on any atom is -0.504 e. The third-order valence-corrected chi connectivity index (χ3v) is 4.20. The average Bonchev–Trinajstić information content (AvgIpc) is 2.70. The molecule has 0 aliphatic rings. The molecule has 3 rings (SSSR count). The smallest absolute Gasteiger partial charge is 0.355 e. The number of ether oxygens (including phenoxy) is 1. The standard InChI is InChI=1S/C20H18FN3O5/c1-29-7-6-22-19(26)17-18(25)15-14(16(24-17)20(27)28)9-12(10-23-15)8-11-2-4-13(21)5-3-11/h2-5,9-10,25H,6-8H2,1H3,(H,22,26)(H,27,28). The molecule has 1 aromatic carbocycles. The normalized spacial score (nSPS) is 10.8. The van der Waals surface area contributed by atoms with E-state index < -0.39 is 29.0 Å². The summed E-state index contributed by atoms with van der Waals surface area (Å²) in [6.45, 7) is 0.414. The van der Waals surface area contributed by atoms with Crippen molar-refractivity contribution in [1.29, 1.82) is 0 Å². The number of rotatable bonds is 7. The molecule has 0 fully saturated rings. The fourth-order valence-corrected chi connectivity index (χ4v) is 2.82. The number of benzene rings is 1. The summed E-state index contributed by atoms with van der Waals surface area (Å²) in [6, 6.07) is 7.42. The maximum absolute atomic E-state index is 13.1. The molecule has 0 spiro atoms. The van der Waals surface area contributed by atoms with Crippen LogP contribution in [0.15, 0.2) is 36.5 Å². The molecule has 3 N–H and O–H groups in total. The van der Waals surface area contributed by atoms with E-state index in [9.17, 15) is 24.2 Å². The lowest BCUT2D eigenvalue weighted by molar-refractivity contribution is 0.0692. The van der Waals surface area contributed by atoms with Gasteiger partial charge in [-0.1, -0.05) is 12.1 Å². The molecule has 1 amide bonds. The van der Waals surface area contributed by atoms with Crippen molar-refractivity contribution < 1.29 is 28.9 Å². The first-order valence-corrected chi connectivity index (χ1v) is 8.67. The van der Waals surface area contributed by atoms with Gasteiger partial charge in [-0.15, -0.1) is 0 Å². The van der Waals surface area contributed by atoms with E-state index in [1.54, 1.807) is 12.1 Å². The number of hydrogen-bond acceptors (Lipinski definition) is 6. The van der Waals surface area contributed by atoms with Gasteiger partial charge in [0.25, 0.3) is 5.91 Å². The predicted octanol–water partition coefficient (Wildman–Crippen LogP) is 2.14. The summed E-state index contributed by atoms with van der Waals surface area (Å²) in [7, 11) is 1.47. The molecule has 0 aliphatic carbocycles. The predicted molar refractivity (Wildman–Crippen MR) is 102 cm³/mol. The van der Waals surface area contributed by atoms with Crippen molar-refractivity contribution in [2.45, 2.75) is 6.42 Å². The van der Waals surface area contributed by atoms with Gasteiger partial charge in [-0.25, -0.2) is 14.2 Å². The van der Waals surface area contributed by atoms with Gasteiger partial charge < -0.3 is 20.3 Å². The van der Waals surface area contributed by atoms with Gasteiger partial charge in [0.2, 0.25) is 0 Å². The van der Waals surface area contributed by atoms with Crippen molar-refractivity contribution >= 4 is 22.8 Å². The number of methoxy groups -OCH3 is 1. The second-order valence-electron chi connectivity index (χ2n) is 6.25. The lowest BCUT2D eigenvalue weighted by atomic mass is 10.0. The van der Waals surface area contributed by atoms with Crippen molar-refractivity contribution in [2.75, 3.05) is 20.3 Å². The number of carboxylic acids is 1. The van der Waals surface area contributed by atoms with E-state index in [1.165, 1.54) is 31.5 Å². The summed E-state index contributed by atoms with van der Waals surface area (Å²) in [4.78, 5) is 31.9. The van der Waals surface area contributed by atoms with Crippen LogP contribution in [0.2, 0.25) is 0 Å². The number of fused-ring (bicyclic) bond motifs is 1. The summed E-state index contributed by atoms with van der Waals surface area (Å²) in [6.07, 6.45) is 1.84. The summed E-state index contributed by atoms with van der Waals surface area (Å²) < 4.78 is 17.9. The molecule has 8 nitrogen and oxygen atoms in total. The maximum Gasteiger partial charge on any atom is 0.355 e. The number of hydrogen-bond donors (Lipinski definition) is 3. The highest BCUT2D eigenvalue weighted by Gasteiger charge is 2.23. The first-order chi connectivity index (χ1) is 13.9. The van der Waals surface area contributed by atoms with E-state index in [-0.39, 0.29) is 29.9 Å². The van der Waals surface area contributed by atoms with E-state index >= 15 is 0 Å². The molecule has 0 saturated carbocycles. The Morgan fingerprint density at radius 3 is 2.55 bits per heavy atom. The first kappa shape index (κ1) is 20.2. The van der Waals surface area contributed by atoms with E-state index in [0.29, 0.717) is 12.0 Å². The van der Waals surface area contributed by atoms with E-state index in [0.717, 1.165) is 5.56 Å². The Kier molecular flexibility index (Phi) is 5.99. The fraction of sp³-hybridized carbons (Fsp3) is 0.200. The SMILES string of the molecule is COCCNC(=O)c1nc(C(=O)O)c2cc(Cc3ccc(F)cc3)cnc2c1O. The molecule has 2 aromatic heterocycles. The fourth-order valence-electron chi connectivity index (χ4n) is 2.82. The summed E-state index contributed by atoms with van der Waals surface area (Å²) in [5.41, 5.74) is 0.575. The topological polar surface area (TPSA) is 122 Å². The van der Waals surface area contributed by atoms with Gasteiger partial charge in [0.05, 0.1) is 6.61 Å². The number of nitrogens with one attached hydrogen (secondary N) is 1. The van der Waals surface area contributed by atoms with Crippen LogP contribution in [0, 0.1) is 5.82 Å². The third kappa shape index (κ3) is 4.46. The van der Waals surface area contributed by atoms with Crippen LogP contribution in [0.4, 0.5) is 4.39 Å². The summed E-state index contributed by atoms with van der Waals surface area (Å²) >= 11 is 0. The molecular formula is C20H18FN3O5. The number of nitrogens with zero attached hydrogens (tertiary/aromatic N) is 2. The zero-order valence-corrected chi connectivity index (χ0v) is 15.5. The summed E-state index contributed by atoms with van der Waals surface area (Å²) in [5, 5.41) is 22.6. The molecule has 2 heterocycles. The number of pyridine rings is 2. The minimum atomic E-state index is -1.36. The highest BCUT2D eigenvalue weighted by atomic mass is 19.1. The first-order valence-electron chi connectivity index (χ1n) is 8.67. The highest BCUT2D eigenvalue weighted by molar-refractivity contribution is 6.07. The summed E-state index contributed by atoms with van der Waals surface area (Å²) in [5.74, 6) is -2.96. The number of aromatic hydroxyl groups is 1. The molecule has 0 saturated heterocycles. The van der Waals surface area contributed by atoms with Gasteiger partial charge in [-0.2, -0.15) is 0 Å². The molecule has 9 heteroatoms. The van der Waals surface area contributed by atoms with Gasteiger partial charge in [-0.05, 0) is 35.7 Å². The number of carbonyl (C=O) groups excluding carboxylic acids is 1. The highest BCUT2D eigenvalue weighted by Crippen LogP contribution is 2.29. The van der Waals surface area contributed by atoms with Crippen LogP contribution in [-0.4, -0.2) is 52.3 Å². The van der Waals surface area contributed by atoms with Crippen LogP contribution < -0.4 is 5.32 Å². The molecule has 150 valence electrons. The van der Waals surface area contributed by atoms with E-state index in [2.05, 4.69) is 15.3 Å². The van der Waals surface area contributed by atoms with Crippen LogP contribution in [0.25, 0.3) is 10.9 Å². The number of aromatic nitrogens is 2. The minimum absolute atomic E-state index is 0.0443. The Hall–Kier alpha value is -3.59. The van der Waals surface area contributed by atoms with Gasteiger partial charge >= 0.3 is 5.97 Å². The molecule has 0 bridgehead atoms. The van der Waals surface area contributed by atoms with E-state index in [1.807, 2.05) is 0 Å². The second-order valence-corrected chi connectivity index (χ2v) is 6.25. The van der Waals surface area contributed by atoms with Crippen molar-refractivity contribution in [1.82, 2.24) is 15.3 Å². The van der Waals surface area contributed by atoms with Crippen molar-refractivity contribution in [3.63, 3.8) is 0 Å². The molecule has 0 atom stereocenters. The van der Waals surface area contributed by atoms with Gasteiger partial charge in [-0.3, -0.25) is 9.78 Å². The number of carboxylic acid groups (broad SMARTS) is 1. The lowest BCUT2D eigenvalue weighted by Crippen LogP contribution is -2.28. The molecule has 3 aromatic rings. The molecular weight excluding hydrogens is 381 g/mol. The Bertz CT molecular complexity index is 1070. The number of aromatic carboxylic acids is 1. The Morgan fingerprint density at radius 2 is 1.90 bits per heavy atom. The number of halogens is 1. The average molecular weight is 399 g/mol. The molecule has 0 unspecified atom stereocenters. The Morgan fingerprint density at radius 1 is 1.17 bits per heavy atom. The monoisotopic (exact) mass is 399 g/mol. The largest absolute Gasteiger partial charge is 0.504 e. The van der Waals surface area contributed by atoms with Gasteiger partial charge in [0.1, 0.15) is 11.3 Å². The van der Waals surface area contributed by atoms with Crippen LogP contribution in [0.5, 0.6) is 5.75 Å². The van der Waals surface area contributed by atoms with E-state index in [4.69, 9.17) is 4.74 Å². The van der Waals surface area contributed by atoms with Gasteiger partial charge in [0.15, 0.2) is 17.1 Å². The van der Waals surface area contributed by atoms with Crippen LogP contribution in [0.3, 0.4) is 0 Å². The zero-order valence-electron chi connectivity index (χ0n) is 15.5. The third-order valence-electron chi connectivity index (χ3n) is 4.20. The number of carbonyl (C=O) groups is 2. The van der Waals surface area contributed by atoms with Crippen LogP contribution in [0.1, 0.15) is 32.1 Å². The lowest BCUT2D eigenvalue weighted by Gasteiger charge is -2.11. The van der Waals surface area contributed by atoms with Crippen LogP contribution >= 0.6 is 0 Å². The molecule has 0 radical (unpaired) electrons. The number of amides is 1. The maximum atomic E-state index is 13.1. The quantitative estimate of drug-likeness (QED) is 0.520. The Labute approximate surface area is 165 Å². The zero-order chi connectivity index (χ0) is 21.0. The molecule has 29 heavy (non-hydrogen) atoms. The molecule has 0 aliphatic heterocycles. The second kappa shape index (κ2) is 8.61. The van der Waals surface area contributed by atoms with Crippen molar-refractivity contribution in [3.8, 4) is 5.75 Å². The van der Waals surface area contributed by atoms with Gasteiger partial charge in [0, 0.05) is 25.2 Å².